The van der Waals surface area contributed by atoms with Crippen LogP contribution >= 0.6 is 0 Å². The van der Waals surface area contributed by atoms with Gasteiger partial charge in [-0.25, -0.2) is 0 Å². The molecule has 4 heteroatoms. The number of rotatable bonds is 8. The van der Waals surface area contributed by atoms with E-state index in [1.807, 2.05) is 36.1 Å². The van der Waals surface area contributed by atoms with Crippen LogP contribution < -0.4 is 5.73 Å². The zero-order valence-electron chi connectivity index (χ0n) is 12.2. The number of ether oxygens (including phenoxy) is 1. The lowest BCUT2D eigenvalue weighted by molar-refractivity contribution is -0.132. The number of nitrogens with zero attached hydrogens (tertiary/aromatic N) is 1. The number of carbonyl (C=O) groups excluding carboxylic acids is 1. The number of amides is 1. The van der Waals surface area contributed by atoms with Crippen LogP contribution in [0.15, 0.2) is 24.3 Å². The quantitative estimate of drug-likeness (QED) is 0.586. The number of nitrogen functional groups attached to an aromatic ring is 1. The molecule has 1 saturated carbocycles. The highest BCUT2D eigenvalue weighted by Crippen LogP contribution is 2.29. The Morgan fingerprint density at radius 2 is 2.25 bits per heavy atom. The summed E-state index contributed by atoms with van der Waals surface area (Å²) in [7, 11) is 0. The van der Waals surface area contributed by atoms with Gasteiger partial charge in [0.2, 0.25) is 5.91 Å². The molecule has 110 valence electrons. The highest BCUT2D eigenvalue weighted by molar-refractivity contribution is 5.76. The van der Waals surface area contributed by atoms with Gasteiger partial charge in [0.15, 0.2) is 0 Å². The van der Waals surface area contributed by atoms with Gasteiger partial charge in [0.25, 0.3) is 0 Å². The molecule has 1 aliphatic rings. The van der Waals surface area contributed by atoms with Crippen LogP contribution in [-0.2, 0) is 16.1 Å². The monoisotopic (exact) mass is 276 g/mol. The minimum Gasteiger partial charge on any atom is -0.399 e. The average molecular weight is 276 g/mol. The predicted octanol–water partition coefficient (Wildman–Crippen LogP) is 2.58. The van der Waals surface area contributed by atoms with Crippen molar-refractivity contribution in [3.63, 3.8) is 0 Å². The normalized spacial score (nSPS) is 14.2. The maximum Gasteiger partial charge on any atom is 0.223 e. The van der Waals surface area contributed by atoms with Gasteiger partial charge in [0.1, 0.15) is 0 Å². The van der Waals surface area contributed by atoms with Gasteiger partial charge in [-0.15, -0.1) is 0 Å². The third-order valence-corrected chi connectivity index (χ3v) is 3.50. The Morgan fingerprint density at radius 1 is 1.45 bits per heavy atom. The van der Waals surface area contributed by atoms with E-state index in [2.05, 4.69) is 0 Å². The smallest absolute Gasteiger partial charge is 0.223 e. The fourth-order valence-corrected chi connectivity index (χ4v) is 2.31. The van der Waals surface area contributed by atoms with Crippen molar-refractivity contribution in [2.45, 2.75) is 45.2 Å². The molecule has 2 rings (SSSR count). The standard InChI is InChI=1S/C16H24N2O2/c1-2-20-10-4-7-16(19)18(15-8-9-15)12-13-5-3-6-14(17)11-13/h3,5-6,11,15H,2,4,7-10,12,17H2,1H3. The van der Waals surface area contributed by atoms with Crippen LogP contribution in [0.2, 0.25) is 0 Å². The Balaban J connectivity index is 1.88. The number of carbonyl (C=O) groups is 1. The molecule has 1 fully saturated rings. The van der Waals surface area contributed by atoms with Crippen molar-refractivity contribution in [1.29, 1.82) is 0 Å². The summed E-state index contributed by atoms with van der Waals surface area (Å²) in [6.45, 7) is 4.02. The van der Waals surface area contributed by atoms with E-state index in [-0.39, 0.29) is 5.91 Å². The van der Waals surface area contributed by atoms with Crippen LogP contribution in [-0.4, -0.2) is 30.1 Å². The Hall–Kier alpha value is -1.55. The molecular weight excluding hydrogens is 252 g/mol. The first-order valence-corrected chi connectivity index (χ1v) is 7.42. The summed E-state index contributed by atoms with van der Waals surface area (Å²) in [5, 5.41) is 0. The molecule has 2 N–H and O–H groups in total. The summed E-state index contributed by atoms with van der Waals surface area (Å²) in [5.41, 5.74) is 7.65. The van der Waals surface area contributed by atoms with Crippen molar-refractivity contribution in [3.05, 3.63) is 29.8 Å². The fraction of sp³-hybridized carbons (Fsp3) is 0.562. The van der Waals surface area contributed by atoms with Crippen molar-refractivity contribution < 1.29 is 9.53 Å². The van der Waals surface area contributed by atoms with Crippen LogP contribution in [0.4, 0.5) is 5.69 Å². The second-order valence-corrected chi connectivity index (χ2v) is 5.30. The molecule has 20 heavy (non-hydrogen) atoms. The molecule has 0 radical (unpaired) electrons. The SMILES string of the molecule is CCOCCCC(=O)N(Cc1cccc(N)c1)C1CC1. The van der Waals surface area contributed by atoms with E-state index in [1.54, 1.807) is 0 Å². The molecule has 1 aromatic rings. The summed E-state index contributed by atoms with van der Waals surface area (Å²) < 4.78 is 5.29. The lowest BCUT2D eigenvalue weighted by Gasteiger charge is -2.23. The van der Waals surface area contributed by atoms with E-state index in [0.717, 1.165) is 30.5 Å². The largest absolute Gasteiger partial charge is 0.399 e. The van der Waals surface area contributed by atoms with Crippen molar-refractivity contribution in [1.82, 2.24) is 4.90 Å². The molecule has 0 saturated heterocycles. The molecule has 0 heterocycles. The van der Waals surface area contributed by atoms with E-state index in [4.69, 9.17) is 10.5 Å². The first kappa shape index (κ1) is 14.9. The average Bonchev–Trinajstić information content (AvgIpc) is 3.25. The van der Waals surface area contributed by atoms with E-state index < -0.39 is 0 Å². The molecule has 0 unspecified atom stereocenters. The van der Waals surface area contributed by atoms with Gasteiger partial charge in [-0.05, 0) is 43.9 Å². The van der Waals surface area contributed by atoms with Gasteiger partial charge in [-0.1, -0.05) is 12.1 Å². The van der Waals surface area contributed by atoms with Crippen molar-refractivity contribution >= 4 is 11.6 Å². The van der Waals surface area contributed by atoms with Crippen molar-refractivity contribution in [2.24, 2.45) is 0 Å². The first-order chi connectivity index (χ1) is 9.70. The zero-order chi connectivity index (χ0) is 14.4. The number of hydrogen-bond donors (Lipinski definition) is 1. The summed E-state index contributed by atoms with van der Waals surface area (Å²) >= 11 is 0. The lowest BCUT2D eigenvalue weighted by atomic mass is 10.1. The van der Waals surface area contributed by atoms with Crippen LogP contribution in [0.5, 0.6) is 0 Å². The minimum atomic E-state index is 0.231. The Morgan fingerprint density at radius 3 is 2.90 bits per heavy atom. The Kier molecular flexibility index (Phi) is 5.41. The van der Waals surface area contributed by atoms with Gasteiger partial charge >= 0.3 is 0 Å². The van der Waals surface area contributed by atoms with Crippen LogP contribution in [0.1, 0.15) is 38.2 Å². The van der Waals surface area contributed by atoms with Crippen molar-refractivity contribution in [2.75, 3.05) is 18.9 Å². The highest BCUT2D eigenvalue weighted by atomic mass is 16.5. The Bertz CT molecular complexity index is 444. The topological polar surface area (TPSA) is 55.6 Å². The van der Waals surface area contributed by atoms with Gasteiger partial charge in [-0.3, -0.25) is 4.79 Å². The van der Waals surface area contributed by atoms with Crippen LogP contribution in [0.25, 0.3) is 0 Å². The fourth-order valence-electron chi connectivity index (χ4n) is 2.31. The molecule has 4 nitrogen and oxygen atoms in total. The van der Waals surface area contributed by atoms with Gasteiger partial charge < -0.3 is 15.4 Å². The summed E-state index contributed by atoms with van der Waals surface area (Å²) in [6, 6.07) is 8.21. The van der Waals surface area contributed by atoms with Gasteiger partial charge in [0, 0.05) is 37.9 Å². The lowest BCUT2D eigenvalue weighted by Crippen LogP contribution is -2.32. The van der Waals surface area contributed by atoms with E-state index in [0.29, 0.717) is 32.2 Å². The molecular formula is C16H24N2O2. The molecule has 0 bridgehead atoms. The maximum atomic E-state index is 12.3. The molecule has 0 aromatic heterocycles. The van der Waals surface area contributed by atoms with E-state index in [1.165, 1.54) is 0 Å². The second kappa shape index (κ2) is 7.29. The third kappa shape index (κ3) is 4.53. The number of anilines is 1. The molecule has 1 aliphatic carbocycles. The maximum absolute atomic E-state index is 12.3. The van der Waals surface area contributed by atoms with E-state index >= 15 is 0 Å². The molecule has 0 atom stereocenters. The van der Waals surface area contributed by atoms with Gasteiger partial charge in [0.05, 0.1) is 0 Å². The van der Waals surface area contributed by atoms with Crippen molar-refractivity contribution in [3.8, 4) is 0 Å². The molecule has 1 aromatic carbocycles. The number of nitrogens with two attached hydrogens (primary N) is 1. The number of hydrogen-bond acceptors (Lipinski definition) is 3. The van der Waals surface area contributed by atoms with E-state index in [9.17, 15) is 4.79 Å². The zero-order valence-corrected chi connectivity index (χ0v) is 12.2. The van der Waals surface area contributed by atoms with Gasteiger partial charge in [-0.2, -0.15) is 0 Å². The minimum absolute atomic E-state index is 0.231. The van der Waals surface area contributed by atoms with Crippen LogP contribution in [0, 0.1) is 0 Å². The molecule has 0 spiro atoms. The third-order valence-electron chi connectivity index (χ3n) is 3.50. The van der Waals surface area contributed by atoms with Crippen LogP contribution in [0.3, 0.4) is 0 Å². The summed E-state index contributed by atoms with van der Waals surface area (Å²) in [6.07, 6.45) is 3.62. The second-order valence-electron chi connectivity index (χ2n) is 5.30. The first-order valence-electron chi connectivity index (χ1n) is 7.42. The highest BCUT2D eigenvalue weighted by Gasteiger charge is 2.32. The molecule has 1 amide bonds. The number of benzene rings is 1. The predicted molar refractivity (Wildman–Crippen MR) is 80.2 cm³/mol. The summed E-state index contributed by atoms with van der Waals surface area (Å²) in [5.74, 6) is 0.231. The Labute approximate surface area is 120 Å². The molecule has 0 aliphatic heterocycles. The summed E-state index contributed by atoms with van der Waals surface area (Å²) in [4.78, 5) is 14.3.